The zero-order valence-electron chi connectivity index (χ0n) is 16.0. The number of unbranched alkanes of at least 4 members (excludes halogenated alkanes) is 15. The van der Waals surface area contributed by atoms with Crippen molar-refractivity contribution in [1.82, 2.24) is 0 Å². The molecule has 0 atom stereocenters. The molecule has 0 bridgehead atoms. The molecule has 0 aliphatic rings. The van der Waals surface area contributed by atoms with Gasteiger partial charge >= 0.3 is 103 Å². The second-order valence-corrected chi connectivity index (χ2v) is 12.0. The Morgan fingerprint density at radius 3 is 1.05 bits per heavy atom. The van der Waals surface area contributed by atoms with Crippen LogP contribution in [0, 0.1) is 0 Å². The molecule has 0 spiro atoms. The summed E-state index contributed by atoms with van der Waals surface area (Å²) in [6.45, 7) is 6.40. The maximum absolute atomic E-state index is 9.77. The van der Waals surface area contributed by atoms with Gasteiger partial charge in [0.25, 0.3) is 0 Å². The molecular formula is C20H45OP. The van der Waals surface area contributed by atoms with Crippen molar-refractivity contribution in [3.05, 3.63) is 0 Å². The summed E-state index contributed by atoms with van der Waals surface area (Å²) in [7, 11) is -1.76. The number of rotatable bonds is 17. The third-order valence-corrected chi connectivity index (χ3v) is 6.22. The summed E-state index contributed by atoms with van der Waals surface area (Å²) < 4.78 is 0. The van der Waals surface area contributed by atoms with Gasteiger partial charge in [0.05, 0.1) is 0 Å². The van der Waals surface area contributed by atoms with Crippen LogP contribution in [0.25, 0.3) is 0 Å². The van der Waals surface area contributed by atoms with Crippen LogP contribution in [-0.2, 0) is 0 Å². The van der Waals surface area contributed by atoms with Crippen LogP contribution in [0.3, 0.4) is 0 Å². The average molecular weight is 333 g/mol. The molecule has 0 aliphatic carbocycles. The molecule has 22 heavy (non-hydrogen) atoms. The van der Waals surface area contributed by atoms with Gasteiger partial charge in [-0.1, -0.05) is 39.0 Å². The molecule has 0 aromatic rings. The van der Waals surface area contributed by atoms with Crippen LogP contribution in [0.2, 0.25) is 0 Å². The van der Waals surface area contributed by atoms with E-state index in [0.717, 1.165) is 6.16 Å². The first-order chi connectivity index (χ1) is 10.6. The third-order valence-electron chi connectivity index (χ3n) is 4.64. The summed E-state index contributed by atoms with van der Waals surface area (Å²) in [6, 6.07) is 0. The third kappa shape index (κ3) is 20.4. The van der Waals surface area contributed by atoms with E-state index >= 15 is 0 Å². The average Bonchev–Trinajstić information content (AvgIpc) is 2.45. The quantitative estimate of drug-likeness (QED) is 0.221. The molecule has 0 unspecified atom stereocenters. The van der Waals surface area contributed by atoms with Crippen LogP contribution in [0.4, 0.5) is 0 Å². The van der Waals surface area contributed by atoms with Gasteiger partial charge in [-0.05, 0) is 0 Å². The zero-order chi connectivity index (χ0) is 16.5. The minimum atomic E-state index is -1.76. The van der Waals surface area contributed by atoms with Gasteiger partial charge in [0.1, 0.15) is 0 Å². The van der Waals surface area contributed by atoms with Gasteiger partial charge in [0.15, 0.2) is 0 Å². The van der Waals surface area contributed by atoms with E-state index in [4.69, 9.17) is 0 Å². The summed E-state index contributed by atoms with van der Waals surface area (Å²) in [5.41, 5.74) is 0. The fraction of sp³-hybridized carbons (Fsp3) is 1.00. The van der Waals surface area contributed by atoms with Gasteiger partial charge in [-0.2, -0.15) is 0 Å². The molecular weight excluding hydrogens is 287 g/mol. The van der Waals surface area contributed by atoms with Gasteiger partial charge < -0.3 is 0 Å². The Labute approximate surface area is 142 Å². The molecule has 0 saturated heterocycles. The first kappa shape index (κ1) is 22.4. The van der Waals surface area contributed by atoms with E-state index < -0.39 is 7.49 Å². The molecule has 136 valence electrons. The molecule has 0 aromatic heterocycles. The summed E-state index contributed by atoms with van der Waals surface area (Å²) in [5.74, 6) is 0. The van der Waals surface area contributed by atoms with E-state index in [2.05, 4.69) is 20.3 Å². The van der Waals surface area contributed by atoms with Gasteiger partial charge in [-0.3, -0.25) is 0 Å². The summed E-state index contributed by atoms with van der Waals surface area (Å²) in [6.07, 6.45) is 23.8. The van der Waals surface area contributed by atoms with Crippen molar-refractivity contribution in [3.63, 3.8) is 0 Å². The molecule has 1 nitrogen and oxygen atoms in total. The molecule has 0 aromatic carbocycles. The predicted octanol–water partition coefficient (Wildman–Crippen LogP) is 7.16. The molecule has 2 heteroatoms. The summed E-state index contributed by atoms with van der Waals surface area (Å²) in [4.78, 5) is 9.77. The second-order valence-electron chi connectivity index (χ2n) is 7.87. The monoisotopic (exact) mass is 332 g/mol. The molecule has 0 fully saturated rings. The standard InChI is InChI=1S/C20H45OP/c1-4-5-6-7-8-9-10-11-12-13-14-15-16-17-18-19-20-22(2,3)21/h21-22H,4-20H2,1-3H3. The Morgan fingerprint density at radius 1 is 0.500 bits per heavy atom. The Balaban J connectivity index is 3.00. The Kier molecular flexibility index (Phi) is 16.5. The second kappa shape index (κ2) is 16.3. The van der Waals surface area contributed by atoms with Crippen molar-refractivity contribution in [3.8, 4) is 0 Å². The van der Waals surface area contributed by atoms with Crippen LogP contribution in [0.5, 0.6) is 0 Å². The summed E-state index contributed by atoms with van der Waals surface area (Å²) >= 11 is 0. The fourth-order valence-electron chi connectivity index (χ4n) is 3.11. The molecule has 0 aliphatic heterocycles. The van der Waals surface area contributed by atoms with Crippen molar-refractivity contribution in [2.75, 3.05) is 19.5 Å². The number of hydrogen-bond acceptors (Lipinski definition) is 1. The van der Waals surface area contributed by atoms with Crippen molar-refractivity contribution < 1.29 is 4.89 Å². The zero-order valence-corrected chi connectivity index (χ0v) is 17.0. The van der Waals surface area contributed by atoms with Crippen LogP contribution < -0.4 is 0 Å². The molecule has 0 amide bonds. The minimum absolute atomic E-state index is 1.09. The van der Waals surface area contributed by atoms with Crippen LogP contribution in [-0.4, -0.2) is 24.4 Å². The van der Waals surface area contributed by atoms with Crippen molar-refractivity contribution in [1.29, 1.82) is 0 Å². The van der Waals surface area contributed by atoms with Gasteiger partial charge in [0, 0.05) is 0 Å². The van der Waals surface area contributed by atoms with Gasteiger partial charge in [-0.25, -0.2) is 0 Å². The molecule has 0 radical (unpaired) electrons. The normalized spacial score (nSPS) is 12.7. The molecule has 0 heterocycles. The Hall–Kier alpha value is 0.390. The van der Waals surface area contributed by atoms with Crippen LogP contribution in [0.15, 0.2) is 0 Å². The fourth-order valence-corrected chi connectivity index (χ4v) is 4.22. The van der Waals surface area contributed by atoms with E-state index in [1.54, 1.807) is 0 Å². The summed E-state index contributed by atoms with van der Waals surface area (Å²) in [5, 5.41) is 0. The van der Waals surface area contributed by atoms with E-state index in [1.807, 2.05) is 0 Å². The maximum atomic E-state index is 9.77. The molecule has 0 rings (SSSR count). The van der Waals surface area contributed by atoms with E-state index in [-0.39, 0.29) is 0 Å². The van der Waals surface area contributed by atoms with Crippen molar-refractivity contribution in [2.45, 2.75) is 110 Å². The van der Waals surface area contributed by atoms with Crippen LogP contribution in [0.1, 0.15) is 110 Å². The molecule has 0 saturated carbocycles. The Morgan fingerprint density at radius 2 is 0.773 bits per heavy atom. The van der Waals surface area contributed by atoms with Crippen molar-refractivity contribution >= 4 is 7.49 Å². The topological polar surface area (TPSA) is 20.2 Å². The first-order valence-electron chi connectivity index (χ1n) is 10.3. The van der Waals surface area contributed by atoms with Gasteiger partial charge in [-0.15, -0.1) is 0 Å². The van der Waals surface area contributed by atoms with Gasteiger partial charge in [0.2, 0.25) is 0 Å². The Bertz CT molecular complexity index is 210. The first-order valence-corrected chi connectivity index (χ1v) is 13.4. The van der Waals surface area contributed by atoms with Crippen molar-refractivity contribution in [2.24, 2.45) is 0 Å². The predicted molar refractivity (Wildman–Crippen MR) is 107 cm³/mol. The van der Waals surface area contributed by atoms with E-state index in [1.165, 1.54) is 103 Å². The van der Waals surface area contributed by atoms with Crippen LogP contribution >= 0.6 is 7.49 Å². The SMILES string of the molecule is CCCCCCCCCCCCCCCCCC[PH](C)(C)O. The van der Waals surface area contributed by atoms with E-state index in [9.17, 15) is 4.89 Å². The number of hydrogen-bond donors (Lipinski definition) is 1. The van der Waals surface area contributed by atoms with E-state index in [0.29, 0.717) is 0 Å². The molecule has 1 N–H and O–H groups in total.